The molecule has 2 fully saturated rings. The highest BCUT2D eigenvalue weighted by atomic mass is 16.3. The maximum atomic E-state index is 10.1. The number of rotatable bonds is 4. The number of nitrogens with zero attached hydrogens (tertiary/aromatic N) is 1. The second-order valence-electron chi connectivity index (χ2n) is 7.54. The summed E-state index contributed by atoms with van der Waals surface area (Å²) in [5, 5.41) is 10.1. The molecule has 0 aromatic heterocycles. The molecule has 2 aliphatic carbocycles. The van der Waals surface area contributed by atoms with Crippen LogP contribution in [-0.4, -0.2) is 36.2 Å². The molecule has 0 spiro atoms. The number of aliphatic hydroxyl groups excluding tert-OH is 1. The van der Waals surface area contributed by atoms with Gasteiger partial charge < -0.3 is 10.0 Å². The van der Waals surface area contributed by atoms with Crippen LogP contribution in [0.25, 0.3) is 0 Å². The average molecular weight is 239 g/mol. The van der Waals surface area contributed by atoms with E-state index in [1.807, 2.05) is 0 Å². The number of aliphatic hydroxyl groups is 1. The molecule has 2 heteroatoms. The van der Waals surface area contributed by atoms with Crippen LogP contribution in [0.15, 0.2) is 0 Å². The zero-order valence-corrected chi connectivity index (χ0v) is 11.9. The fraction of sp³-hybridized carbons (Fsp3) is 1.00. The van der Waals surface area contributed by atoms with Crippen molar-refractivity contribution >= 4 is 0 Å². The first-order valence-corrected chi connectivity index (χ1v) is 7.23. The van der Waals surface area contributed by atoms with E-state index in [4.69, 9.17) is 0 Å². The molecule has 0 amide bonds. The van der Waals surface area contributed by atoms with Gasteiger partial charge in [0.2, 0.25) is 0 Å². The van der Waals surface area contributed by atoms with Gasteiger partial charge in [-0.2, -0.15) is 0 Å². The Morgan fingerprint density at radius 2 is 1.94 bits per heavy atom. The van der Waals surface area contributed by atoms with Crippen molar-refractivity contribution in [3.8, 4) is 0 Å². The summed E-state index contributed by atoms with van der Waals surface area (Å²) in [6, 6.07) is 0. The van der Waals surface area contributed by atoms with Gasteiger partial charge in [-0.3, -0.25) is 0 Å². The SMILES string of the molecule is CN(CC1CC2CCC1C2)CC(O)C(C)(C)C. The normalized spacial score (nSPS) is 34.6. The summed E-state index contributed by atoms with van der Waals surface area (Å²) in [6.45, 7) is 8.35. The third kappa shape index (κ3) is 3.23. The van der Waals surface area contributed by atoms with Gasteiger partial charge in [0.05, 0.1) is 6.10 Å². The minimum Gasteiger partial charge on any atom is -0.391 e. The molecule has 0 aromatic rings. The van der Waals surface area contributed by atoms with E-state index < -0.39 is 0 Å². The maximum Gasteiger partial charge on any atom is 0.0715 e. The van der Waals surface area contributed by atoms with Gasteiger partial charge in [-0.1, -0.05) is 27.2 Å². The Bertz CT molecular complexity index is 258. The van der Waals surface area contributed by atoms with Crippen LogP contribution in [0.2, 0.25) is 0 Å². The Balaban J connectivity index is 1.76. The predicted molar refractivity (Wildman–Crippen MR) is 71.9 cm³/mol. The van der Waals surface area contributed by atoms with Crippen LogP contribution in [0.1, 0.15) is 46.5 Å². The highest BCUT2D eigenvalue weighted by molar-refractivity contribution is 4.91. The second-order valence-corrected chi connectivity index (χ2v) is 7.54. The molecule has 2 rings (SSSR count). The van der Waals surface area contributed by atoms with Crippen molar-refractivity contribution in [3.05, 3.63) is 0 Å². The lowest BCUT2D eigenvalue weighted by molar-refractivity contribution is 0.0293. The van der Waals surface area contributed by atoms with Gasteiger partial charge >= 0.3 is 0 Å². The molecule has 4 atom stereocenters. The molecule has 100 valence electrons. The molecule has 2 saturated carbocycles. The van der Waals surface area contributed by atoms with E-state index in [-0.39, 0.29) is 11.5 Å². The fourth-order valence-electron chi connectivity index (χ4n) is 3.64. The summed E-state index contributed by atoms with van der Waals surface area (Å²) in [6.07, 6.45) is 5.66. The molecular formula is C15H29NO. The fourth-order valence-corrected chi connectivity index (χ4v) is 3.64. The van der Waals surface area contributed by atoms with Gasteiger partial charge in [-0.15, -0.1) is 0 Å². The minimum absolute atomic E-state index is 0.00292. The lowest BCUT2D eigenvalue weighted by Crippen LogP contribution is -2.40. The third-order valence-corrected chi connectivity index (χ3v) is 4.92. The second kappa shape index (κ2) is 4.89. The van der Waals surface area contributed by atoms with E-state index in [1.165, 1.54) is 32.2 Å². The maximum absolute atomic E-state index is 10.1. The van der Waals surface area contributed by atoms with Crippen LogP contribution in [-0.2, 0) is 0 Å². The lowest BCUT2D eigenvalue weighted by atomic mass is 9.87. The van der Waals surface area contributed by atoms with Crippen molar-refractivity contribution in [3.63, 3.8) is 0 Å². The molecule has 2 bridgehead atoms. The van der Waals surface area contributed by atoms with Crippen molar-refractivity contribution < 1.29 is 5.11 Å². The molecule has 0 radical (unpaired) electrons. The van der Waals surface area contributed by atoms with Gasteiger partial charge in [-0.25, -0.2) is 0 Å². The summed E-state index contributed by atoms with van der Waals surface area (Å²) in [4.78, 5) is 2.35. The highest BCUT2D eigenvalue weighted by Crippen LogP contribution is 2.48. The zero-order valence-electron chi connectivity index (χ0n) is 11.9. The minimum atomic E-state index is -0.217. The van der Waals surface area contributed by atoms with Gasteiger partial charge in [0.1, 0.15) is 0 Å². The third-order valence-electron chi connectivity index (χ3n) is 4.92. The highest BCUT2D eigenvalue weighted by Gasteiger charge is 2.39. The summed E-state index contributed by atoms with van der Waals surface area (Å²) in [5.41, 5.74) is 0.00292. The molecule has 2 aliphatic rings. The van der Waals surface area contributed by atoms with Crippen molar-refractivity contribution in [1.82, 2.24) is 4.90 Å². The van der Waals surface area contributed by atoms with Crippen LogP contribution in [0.3, 0.4) is 0 Å². The van der Waals surface area contributed by atoms with Crippen LogP contribution < -0.4 is 0 Å². The van der Waals surface area contributed by atoms with Crippen molar-refractivity contribution in [1.29, 1.82) is 0 Å². The Morgan fingerprint density at radius 1 is 1.24 bits per heavy atom. The van der Waals surface area contributed by atoms with Crippen LogP contribution in [0.5, 0.6) is 0 Å². The number of hydrogen-bond acceptors (Lipinski definition) is 2. The molecule has 2 nitrogen and oxygen atoms in total. The molecule has 0 heterocycles. The first-order valence-electron chi connectivity index (χ1n) is 7.23. The van der Waals surface area contributed by atoms with E-state index in [9.17, 15) is 5.11 Å². The van der Waals surface area contributed by atoms with Crippen LogP contribution >= 0.6 is 0 Å². The van der Waals surface area contributed by atoms with Gasteiger partial charge in [0.15, 0.2) is 0 Å². The van der Waals surface area contributed by atoms with Gasteiger partial charge in [0.25, 0.3) is 0 Å². The summed E-state index contributed by atoms with van der Waals surface area (Å²) >= 11 is 0. The smallest absolute Gasteiger partial charge is 0.0715 e. The Labute approximate surface area is 106 Å². The van der Waals surface area contributed by atoms with Crippen LogP contribution in [0, 0.1) is 23.2 Å². The first kappa shape index (κ1) is 13.4. The van der Waals surface area contributed by atoms with E-state index in [1.54, 1.807) is 0 Å². The lowest BCUT2D eigenvalue weighted by Gasteiger charge is -2.32. The Morgan fingerprint density at radius 3 is 2.41 bits per heavy atom. The van der Waals surface area contributed by atoms with Crippen molar-refractivity contribution in [2.75, 3.05) is 20.1 Å². The quantitative estimate of drug-likeness (QED) is 0.815. The number of fused-ring (bicyclic) bond motifs is 2. The number of likely N-dealkylation sites (N-methyl/N-ethyl adjacent to an activating group) is 1. The average Bonchev–Trinajstić information content (AvgIpc) is 2.77. The molecule has 1 N–H and O–H groups in total. The summed E-state index contributed by atoms with van der Waals surface area (Å²) in [7, 11) is 2.17. The first-order chi connectivity index (χ1) is 7.86. The van der Waals surface area contributed by atoms with E-state index in [2.05, 4.69) is 32.7 Å². The Kier molecular flexibility index (Phi) is 3.84. The largest absolute Gasteiger partial charge is 0.391 e. The van der Waals surface area contributed by atoms with Crippen molar-refractivity contribution in [2.24, 2.45) is 23.2 Å². The molecular weight excluding hydrogens is 210 g/mol. The van der Waals surface area contributed by atoms with E-state index in [0.29, 0.717) is 0 Å². The molecule has 4 unspecified atom stereocenters. The van der Waals surface area contributed by atoms with Crippen molar-refractivity contribution in [2.45, 2.75) is 52.6 Å². The van der Waals surface area contributed by atoms with Crippen LogP contribution in [0.4, 0.5) is 0 Å². The Hall–Kier alpha value is -0.0800. The van der Waals surface area contributed by atoms with Gasteiger partial charge in [0, 0.05) is 13.1 Å². The zero-order chi connectivity index (χ0) is 12.6. The topological polar surface area (TPSA) is 23.5 Å². The van der Waals surface area contributed by atoms with E-state index >= 15 is 0 Å². The number of hydrogen-bond donors (Lipinski definition) is 1. The molecule has 17 heavy (non-hydrogen) atoms. The van der Waals surface area contributed by atoms with E-state index in [0.717, 1.165) is 24.3 Å². The summed E-state index contributed by atoms with van der Waals surface area (Å²) < 4.78 is 0. The molecule has 0 saturated heterocycles. The summed E-state index contributed by atoms with van der Waals surface area (Å²) in [5.74, 6) is 2.94. The molecule has 0 aliphatic heterocycles. The van der Waals surface area contributed by atoms with Gasteiger partial charge in [-0.05, 0) is 49.5 Å². The predicted octanol–water partition coefficient (Wildman–Crippen LogP) is 2.76. The standard InChI is InChI=1S/C15H29NO/c1-15(2,3)14(17)10-16(4)9-13-8-11-5-6-12(13)7-11/h11-14,17H,5-10H2,1-4H3. The monoisotopic (exact) mass is 239 g/mol. The molecule has 0 aromatic carbocycles.